The third kappa shape index (κ3) is 2.14. The number of rotatable bonds is 4. The Balaban J connectivity index is 1.80. The van der Waals surface area contributed by atoms with Crippen LogP contribution in [0.15, 0.2) is 0 Å². The van der Waals surface area contributed by atoms with E-state index in [0.717, 1.165) is 36.2 Å². The summed E-state index contributed by atoms with van der Waals surface area (Å²) in [5, 5.41) is 0. The zero-order valence-electron chi connectivity index (χ0n) is 11.5. The van der Waals surface area contributed by atoms with Gasteiger partial charge in [0.15, 0.2) is 0 Å². The summed E-state index contributed by atoms with van der Waals surface area (Å²) in [6, 6.07) is 0. The van der Waals surface area contributed by atoms with Crippen molar-refractivity contribution in [3.05, 3.63) is 0 Å². The molecule has 0 aliphatic heterocycles. The van der Waals surface area contributed by atoms with Crippen LogP contribution in [-0.4, -0.2) is 18.5 Å². The normalized spacial score (nSPS) is 44.2. The van der Waals surface area contributed by atoms with E-state index in [0.29, 0.717) is 5.41 Å². The first-order valence-corrected chi connectivity index (χ1v) is 9.90. The molecule has 4 fully saturated rings. The van der Waals surface area contributed by atoms with Crippen molar-refractivity contribution >= 4 is 7.14 Å². The molecule has 4 bridgehead atoms. The average Bonchev–Trinajstić information content (AvgIpc) is 2.26. The molecule has 0 unspecified atom stereocenters. The van der Waals surface area contributed by atoms with E-state index in [1.807, 2.05) is 0 Å². The maximum Gasteiger partial charge on any atom is 0.0877 e. The van der Waals surface area contributed by atoms with Crippen molar-refractivity contribution < 1.29 is 4.57 Å². The highest BCUT2D eigenvalue weighted by molar-refractivity contribution is 7.63. The van der Waals surface area contributed by atoms with Gasteiger partial charge in [0.05, 0.1) is 7.14 Å². The van der Waals surface area contributed by atoms with Crippen molar-refractivity contribution in [3.8, 4) is 0 Å². The molecule has 4 aliphatic rings. The predicted molar refractivity (Wildman–Crippen MR) is 74.2 cm³/mol. The van der Waals surface area contributed by atoms with Crippen LogP contribution in [0.5, 0.6) is 0 Å². The van der Waals surface area contributed by atoms with Crippen LogP contribution >= 0.6 is 7.14 Å². The van der Waals surface area contributed by atoms with Gasteiger partial charge < -0.3 is 4.57 Å². The molecule has 0 aromatic heterocycles. The van der Waals surface area contributed by atoms with Crippen molar-refractivity contribution in [3.63, 3.8) is 0 Å². The highest BCUT2D eigenvalue weighted by Gasteiger charge is 2.52. The lowest BCUT2D eigenvalue weighted by molar-refractivity contribution is -0.0393. The third-order valence-electron chi connectivity index (χ3n) is 5.94. The van der Waals surface area contributed by atoms with Crippen LogP contribution in [0.2, 0.25) is 0 Å². The standard InChI is InChI=1S/C15H27OP/c1-3-17(16,4-2)11-15-8-12-5-13(9-15)7-14(6-12)10-15/h12-14H,3-11H2,1-2H3. The minimum absolute atomic E-state index is 0.524. The van der Waals surface area contributed by atoms with E-state index in [-0.39, 0.29) is 0 Å². The molecule has 0 aromatic rings. The second-order valence-corrected chi connectivity index (χ2v) is 11.0. The summed E-state index contributed by atoms with van der Waals surface area (Å²) in [4.78, 5) is 0. The lowest BCUT2D eigenvalue weighted by Gasteiger charge is -2.57. The van der Waals surface area contributed by atoms with Crippen LogP contribution in [0.25, 0.3) is 0 Å². The Morgan fingerprint density at radius 2 is 1.35 bits per heavy atom. The molecule has 17 heavy (non-hydrogen) atoms. The second kappa shape index (κ2) is 4.12. The fraction of sp³-hybridized carbons (Fsp3) is 1.00. The molecular weight excluding hydrogens is 227 g/mol. The molecular formula is C15H27OP. The maximum absolute atomic E-state index is 12.8. The Kier molecular flexibility index (Phi) is 2.97. The summed E-state index contributed by atoms with van der Waals surface area (Å²) >= 11 is 0. The lowest BCUT2D eigenvalue weighted by Crippen LogP contribution is -2.47. The molecule has 0 amide bonds. The number of hydrogen-bond donors (Lipinski definition) is 0. The molecule has 0 aromatic carbocycles. The van der Waals surface area contributed by atoms with Gasteiger partial charge in [-0.2, -0.15) is 0 Å². The molecule has 98 valence electrons. The molecule has 0 atom stereocenters. The van der Waals surface area contributed by atoms with Gasteiger partial charge in [0.2, 0.25) is 0 Å². The van der Waals surface area contributed by atoms with Gasteiger partial charge in [-0.15, -0.1) is 0 Å². The molecule has 1 nitrogen and oxygen atoms in total. The summed E-state index contributed by atoms with van der Waals surface area (Å²) in [5.41, 5.74) is 0.524. The fourth-order valence-corrected chi connectivity index (χ4v) is 8.05. The maximum atomic E-state index is 12.8. The summed E-state index contributed by atoms with van der Waals surface area (Å²) in [6.45, 7) is 4.29. The van der Waals surface area contributed by atoms with Gasteiger partial charge in [-0.3, -0.25) is 0 Å². The van der Waals surface area contributed by atoms with E-state index >= 15 is 0 Å². The molecule has 4 rings (SSSR count). The van der Waals surface area contributed by atoms with Gasteiger partial charge in [0.25, 0.3) is 0 Å². The molecule has 0 spiro atoms. The van der Waals surface area contributed by atoms with Gasteiger partial charge in [0.1, 0.15) is 0 Å². The van der Waals surface area contributed by atoms with Crippen LogP contribution in [0.1, 0.15) is 52.4 Å². The molecule has 2 heteroatoms. The van der Waals surface area contributed by atoms with E-state index in [1.165, 1.54) is 38.5 Å². The van der Waals surface area contributed by atoms with Gasteiger partial charge in [-0.05, 0) is 74.0 Å². The molecule has 0 N–H and O–H groups in total. The monoisotopic (exact) mass is 254 g/mol. The molecule has 4 saturated carbocycles. The van der Waals surface area contributed by atoms with E-state index < -0.39 is 7.14 Å². The molecule has 0 heterocycles. The van der Waals surface area contributed by atoms with Gasteiger partial charge in [0, 0.05) is 6.16 Å². The Morgan fingerprint density at radius 3 is 1.71 bits per heavy atom. The lowest BCUT2D eigenvalue weighted by atomic mass is 9.50. The predicted octanol–water partition coefficient (Wildman–Crippen LogP) is 4.61. The SMILES string of the molecule is CCP(=O)(CC)CC12CC3CC(CC(C3)C1)C2. The van der Waals surface area contributed by atoms with Gasteiger partial charge in [-0.1, -0.05) is 13.8 Å². The molecule has 0 saturated heterocycles. The van der Waals surface area contributed by atoms with Crippen LogP contribution in [0.3, 0.4) is 0 Å². The summed E-state index contributed by atoms with van der Waals surface area (Å²) in [6.07, 6.45) is 11.7. The Labute approximate surface area is 106 Å². The Bertz CT molecular complexity index is 304. The van der Waals surface area contributed by atoms with Crippen molar-refractivity contribution in [2.24, 2.45) is 23.2 Å². The van der Waals surface area contributed by atoms with E-state index in [2.05, 4.69) is 13.8 Å². The molecule has 4 aliphatic carbocycles. The van der Waals surface area contributed by atoms with Gasteiger partial charge in [-0.25, -0.2) is 0 Å². The summed E-state index contributed by atoms with van der Waals surface area (Å²) in [7, 11) is -1.83. The van der Waals surface area contributed by atoms with E-state index in [4.69, 9.17) is 0 Å². The van der Waals surface area contributed by atoms with Crippen molar-refractivity contribution in [2.45, 2.75) is 52.4 Å². The highest BCUT2D eigenvalue weighted by atomic mass is 31.2. The van der Waals surface area contributed by atoms with Crippen molar-refractivity contribution in [2.75, 3.05) is 18.5 Å². The van der Waals surface area contributed by atoms with Crippen LogP contribution in [-0.2, 0) is 4.57 Å². The summed E-state index contributed by atoms with van der Waals surface area (Å²) < 4.78 is 12.8. The minimum atomic E-state index is -1.83. The topological polar surface area (TPSA) is 17.1 Å². The largest absolute Gasteiger partial charge is 0.324 e. The first-order valence-electron chi connectivity index (χ1n) is 7.63. The first-order chi connectivity index (χ1) is 8.06. The third-order valence-corrected chi connectivity index (χ3v) is 9.49. The van der Waals surface area contributed by atoms with Crippen LogP contribution in [0, 0.1) is 23.2 Å². The van der Waals surface area contributed by atoms with E-state index in [1.54, 1.807) is 0 Å². The zero-order chi connectivity index (χ0) is 12.1. The number of hydrogen-bond acceptors (Lipinski definition) is 1. The smallest absolute Gasteiger partial charge is 0.0877 e. The fourth-order valence-electron chi connectivity index (χ4n) is 5.54. The Morgan fingerprint density at radius 1 is 0.941 bits per heavy atom. The first kappa shape index (κ1) is 12.3. The average molecular weight is 254 g/mol. The van der Waals surface area contributed by atoms with Crippen LogP contribution in [0.4, 0.5) is 0 Å². The van der Waals surface area contributed by atoms with Gasteiger partial charge >= 0.3 is 0 Å². The zero-order valence-corrected chi connectivity index (χ0v) is 12.3. The second-order valence-electron chi connectivity index (χ2n) is 7.27. The van der Waals surface area contributed by atoms with Crippen molar-refractivity contribution in [1.29, 1.82) is 0 Å². The van der Waals surface area contributed by atoms with Crippen LogP contribution < -0.4 is 0 Å². The van der Waals surface area contributed by atoms with E-state index in [9.17, 15) is 4.57 Å². The quantitative estimate of drug-likeness (QED) is 0.670. The molecule has 0 radical (unpaired) electrons. The highest BCUT2D eigenvalue weighted by Crippen LogP contribution is 2.64. The van der Waals surface area contributed by atoms with Crippen molar-refractivity contribution in [1.82, 2.24) is 0 Å². The Hall–Kier alpha value is 0.230. The minimum Gasteiger partial charge on any atom is -0.324 e. The summed E-state index contributed by atoms with van der Waals surface area (Å²) in [5.74, 6) is 3.01.